The third-order valence-corrected chi connectivity index (χ3v) is 2.74. The molecule has 19 heavy (non-hydrogen) atoms. The molecule has 0 amide bonds. The first-order chi connectivity index (χ1) is 8.91. The molecule has 1 aromatic carbocycles. The van der Waals surface area contributed by atoms with Gasteiger partial charge in [-0.15, -0.1) is 0 Å². The Morgan fingerprint density at radius 1 is 1.47 bits per heavy atom. The van der Waals surface area contributed by atoms with Crippen LogP contribution in [0.25, 0.3) is 11.3 Å². The number of rotatable bonds is 3. The van der Waals surface area contributed by atoms with Crippen molar-refractivity contribution in [2.75, 3.05) is 5.73 Å². The van der Waals surface area contributed by atoms with Crippen LogP contribution in [0.5, 0.6) is 0 Å². The Labute approximate surface area is 108 Å². The number of hydrogen-bond donors (Lipinski definition) is 1. The summed E-state index contributed by atoms with van der Waals surface area (Å²) in [6, 6.07) is 3.29. The molecule has 1 heterocycles. The van der Waals surface area contributed by atoms with E-state index >= 15 is 0 Å². The molecule has 0 saturated carbocycles. The van der Waals surface area contributed by atoms with E-state index in [0.29, 0.717) is 5.56 Å². The predicted octanol–water partition coefficient (Wildman–Crippen LogP) is 3.09. The lowest BCUT2D eigenvalue weighted by Gasteiger charge is -2.06. The molecule has 0 aliphatic heterocycles. The monoisotopic (exact) mass is 265 g/mol. The zero-order valence-corrected chi connectivity index (χ0v) is 10.4. The van der Waals surface area contributed by atoms with Gasteiger partial charge < -0.3 is 10.3 Å². The van der Waals surface area contributed by atoms with Gasteiger partial charge in [0.2, 0.25) is 5.88 Å². The topological polar surface area (TPSA) is 95.2 Å². The summed E-state index contributed by atoms with van der Waals surface area (Å²) in [5.41, 5.74) is 6.34. The minimum Gasteiger partial charge on any atom is -0.367 e. The molecule has 100 valence electrons. The second-order valence-corrected chi connectivity index (χ2v) is 4.38. The van der Waals surface area contributed by atoms with Gasteiger partial charge in [-0.25, -0.2) is 4.39 Å². The van der Waals surface area contributed by atoms with Crippen LogP contribution in [0.4, 0.5) is 16.0 Å². The first kappa shape index (κ1) is 13.0. The maximum absolute atomic E-state index is 13.1. The van der Waals surface area contributed by atoms with Crippen LogP contribution in [0.2, 0.25) is 0 Å². The predicted molar refractivity (Wildman–Crippen MR) is 67.1 cm³/mol. The van der Waals surface area contributed by atoms with Crippen molar-refractivity contribution in [2.24, 2.45) is 0 Å². The highest BCUT2D eigenvalue weighted by atomic mass is 19.1. The first-order valence-corrected chi connectivity index (χ1v) is 5.61. The number of anilines is 1. The largest absolute Gasteiger partial charge is 0.367 e. The van der Waals surface area contributed by atoms with Crippen LogP contribution in [0.1, 0.15) is 25.3 Å². The minimum atomic E-state index is -0.682. The number of aromatic nitrogens is 1. The van der Waals surface area contributed by atoms with Gasteiger partial charge in [-0.3, -0.25) is 10.1 Å². The lowest BCUT2D eigenvalue weighted by atomic mass is 9.98. The van der Waals surface area contributed by atoms with Gasteiger partial charge in [0.1, 0.15) is 11.5 Å². The summed E-state index contributed by atoms with van der Waals surface area (Å²) in [5.74, 6) is -0.590. The molecule has 2 rings (SSSR count). The zero-order chi connectivity index (χ0) is 14.2. The van der Waals surface area contributed by atoms with E-state index in [1.165, 1.54) is 6.07 Å². The maximum Gasteiger partial charge on any atom is 0.281 e. The van der Waals surface area contributed by atoms with Gasteiger partial charge in [-0.05, 0) is 18.1 Å². The van der Waals surface area contributed by atoms with E-state index in [2.05, 4.69) is 5.16 Å². The molecule has 0 aliphatic rings. The van der Waals surface area contributed by atoms with Crippen LogP contribution >= 0.6 is 0 Å². The normalized spacial score (nSPS) is 10.9. The van der Waals surface area contributed by atoms with Crippen molar-refractivity contribution in [3.05, 3.63) is 39.7 Å². The number of nitrogen functional groups attached to an aromatic ring is 1. The fourth-order valence-corrected chi connectivity index (χ4v) is 1.92. The highest BCUT2D eigenvalue weighted by molar-refractivity contribution is 5.75. The lowest BCUT2D eigenvalue weighted by molar-refractivity contribution is -0.384. The quantitative estimate of drug-likeness (QED) is 0.679. The van der Waals surface area contributed by atoms with Gasteiger partial charge in [-0.1, -0.05) is 19.0 Å². The number of hydrogen-bond acceptors (Lipinski definition) is 5. The lowest BCUT2D eigenvalue weighted by Crippen LogP contribution is -1.98. The molecular formula is C12H12FN3O3. The van der Waals surface area contributed by atoms with Crippen molar-refractivity contribution in [1.82, 2.24) is 5.16 Å². The van der Waals surface area contributed by atoms with E-state index in [1.54, 1.807) is 0 Å². The molecule has 0 bridgehead atoms. The molecule has 0 fully saturated rings. The van der Waals surface area contributed by atoms with Crippen molar-refractivity contribution in [2.45, 2.75) is 19.8 Å². The summed E-state index contributed by atoms with van der Waals surface area (Å²) in [6.07, 6.45) is 0. The highest BCUT2D eigenvalue weighted by Crippen LogP contribution is 2.37. The molecule has 1 aromatic heterocycles. The van der Waals surface area contributed by atoms with Crippen molar-refractivity contribution < 1.29 is 13.8 Å². The average molecular weight is 265 g/mol. The first-order valence-electron chi connectivity index (χ1n) is 5.61. The second-order valence-electron chi connectivity index (χ2n) is 4.38. The van der Waals surface area contributed by atoms with Crippen LogP contribution in [0.3, 0.4) is 0 Å². The Balaban J connectivity index is 2.69. The van der Waals surface area contributed by atoms with Gasteiger partial charge >= 0.3 is 0 Å². The minimum absolute atomic E-state index is 0.0223. The SMILES string of the molecule is CC(C)c1c(-c2ccc(F)cc2[N+](=O)[O-])noc1N. The van der Waals surface area contributed by atoms with Crippen LogP contribution in [0, 0.1) is 15.9 Å². The summed E-state index contributed by atoms with van der Waals surface area (Å²) in [7, 11) is 0. The van der Waals surface area contributed by atoms with E-state index < -0.39 is 10.7 Å². The molecular weight excluding hydrogens is 253 g/mol. The Morgan fingerprint density at radius 3 is 2.74 bits per heavy atom. The summed E-state index contributed by atoms with van der Waals surface area (Å²) in [5, 5.41) is 14.7. The van der Waals surface area contributed by atoms with Crippen molar-refractivity contribution in [3.63, 3.8) is 0 Å². The summed E-state index contributed by atoms with van der Waals surface area (Å²) < 4.78 is 18.0. The molecule has 2 N–H and O–H groups in total. The zero-order valence-electron chi connectivity index (χ0n) is 10.4. The summed E-state index contributed by atoms with van der Waals surface area (Å²) in [4.78, 5) is 10.3. The highest BCUT2D eigenvalue weighted by Gasteiger charge is 2.25. The smallest absolute Gasteiger partial charge is 0.281 e. The van der Waals surface area contributed by atoms with Crippen molar-refractivity contribution in [3.8, 4) is 11.3 Å². The van der Waals surface area contributed by atoms with Crippen molar-refractivity contribution >= 4 is 11.6 Å². The Morgan fingerprint density at radius 2 is 2.16 bits per heavy atom. The molecule has 2 aromatic rings. The van der Waals surface area contributed by atoms with Crippen molar-refractivity contribution in [1.29, 1.82) is 0 Å². The van der Waals surface area contributed by atoms with Gasteiger partial charge in [0.25, 0.3) is 5.69 Å². The number of nitro groups is 1. The second kappa shape index (κ2) is 4.68. The van der Waals surface area contributed by atoms with Crippen LogP contribution in [-0.4, -0.2) is 10.1 Å². The number of benzene rings is 1. The standard InChI is InChI=1S/C12H12FN3O3/c1-6(2)10-11(15-19-12(10)14)8-4-3-7(13)5-9(8)16(17)18/h3-6H,14H2,1-2H3. The Hall–Kier alpha value is -2.44. The molecule has 0 saturated heterocycles. The number of nitrogens with zero attached hydrogens (tertiary/aromatic N) is 2. The maximum atomic E-state index is 13.1. The van der Waals surface area contributed by atoms with Crippen LogP contribution < -0.4 is 5.73 Å². The summed E-state index contributed by atoms with van der Waals surface area (Å²) >= 11 is 0. The van der Waals surface area contributed by atoms with E-state index in [-0.39, 0.29) is 28.7 Å². The third-order valence-electron chi connectivity index (χ3n) is 2.74. The Kier molecular flexibility index (Phi) is 3.20. The van der Waals surface area contributed by atoms with E-state index in [9.17, 15) is 14.5 Å². The number of halogens is 1. The van der Waals surface area contributed by atoms with Crippen LogP contribution in [-0.2, 0) is 0 Å². The van der Waals surface area contributed by atoms with E-state index in [1.807, 2.05) is 13.8 Å². The molecule has 0 aliphatic carbocycles. The molecule has 0 unspecified atom stereocenters. The third kappa shape index (κ3) is 2.26. The molecule has 0 spiro atoms. The Bertz CT molecular complexity index is 637. The van der Waals surface area contributed by atoms with Gasteiger partial charge in [0.05, 0.1) is 16.6 Å². The number of nitro benzene ring substituents is 1. The summed E-state index contributed by atoms with van der Waals surface area (Å²) in [6.45, 7) is 3.73. The van der Waals surface area contributed by atoms with Gasteiger partial charge in [0.15, 0.2) is 0 Å². The molecule has 0 atom stereocenters. The van der Waals surface area contributed by atoms with Gasteiger partial charge in [-0.2, -0.15) is 0 Å². The fourth-order valence-electron chi connectivity index (χ4n) is 1.92. The number of nitrogens with two attached hydrogens (primary N) is 1. The average Bonchev–Trinajstić information content (AvgIpc) is 2.70. The van der Waals surface area contributed by atoms with Gasteiger partial charge in [0, 0.05) is 5.56 Å². The molecule has 7 heteroatoms. The van der Waals surface area contributed by atoms with E-state index in [4.69, 9.17) is 10.3 Å². The molecule has 6 nitrogen and oxygen atoms in total. The molecule has 0 radical (unpaired) electrons. The van der Waals surface area contributed by atoms with E-state index in [0.717, 1.165) is 12.1 Å². The van der Waals surface area contributed by atoms with Crippen LogP contribution in [0.15, 0.2) is 22.7 Å². The fraction of sp³-hybridized carbons (Fsp3) is 0.250.